The van der Waals surface area contributed by atoms with E-state index in [0.29, 0.717) is 28.9 Å². The van der Waals surface area contributed by atoms with Crippen LogP contribution in [0.15, 0.2) is 47.3 Å². The summed E-state index contributed by atoms with van der Waals surface area (Å²) in [5, 5.41) is 0.527. The summed E-state index contributed by atoms with van der Waals surface area (Å²) in [4.78, 5) is 19.4. The summed E-state index contributed by atoms with van der Waals surface area (Å²) in [6.45, 7) is 2.57. The highest BCUT2D eigenvalue weighted by atomic mass is 19.1. The van der Waals surface area contributed by atoms with Gasteiger partial charge in [-0.05, 0) is 36.8 Å². The number of hydrogen-bond donors (Lipinski definition) is 1. The van der Waals surface area contributed by atoms with Crippen LogP contribution in [0.1, 0.15) is 26.2 Å². The Morgan fingerprint density at radius 2 is 2.00 bits per heavy atom. The van der Waals surface area contributed by atoms with Gasteiger partial charge in [-0.2, -0.15) is 0 Å². The van der Waals surface area contributed by atoms with Gasteiger partial charge in [0.15, 0.2) is 11.6 Å². The molecule has 0 bridgehead atoms. The number of hydrogen-bond acceptors (Lipinski definition) is 3. The normalized spacial score (nSPS) is 10.9. The quantitative estimate of drug-likeness (QED) is 0.687. The van der Waals surface area contributed by atoms with Gasteiger partial charge < -0.3 is 9.72 Å². The number of aromatic amines is 1. The van der Waals surface area contributed by atoms with Crippen molar-refractivity contribution < 1.29 is 9.13 Å². The minimum atomic E-state index is -0.418. The van der Waals surface area contributed by atoms with Crippen molar-refractivity contribution in [2.75, 3.05) is 6.61 Å². The maximum Gasteiger partial charge on any atom is 0.259 e. The summed E-state index contributed by atoms with van der Waals surface area (Å²) in [6.07, 6.45) is 3.00. The van der Waals surface area contributed by atoms with Gasteiger partial charge in [-0.25, -0.2) is 9.37 Å². The Labute approximate surface area is 139 Å². The van der Waals surface area contributed by atoms with E-state index in [4.69, 9.17) is 4.74 Å². The first-order valence-electron chi connectivity index (χ1n) is 8.11. The number of unbranched alkanes of at least 4 members (excludes halogenated alkanes) is 2. The van der Waals surface area contributed by atoms with E-state index in [0.717, 1.165) is 19.3 Å². The van der Waals surface area contributed by atoms with Crippen LogP contribution in [-0.4, -0.2) is 16.6 Å². The fraction of sp³-hybridized carbons (Fsp3) is 0.263. The lowest BCUT2D eigenvalue weighted by Gasteiger charge is -2.09. The fourth-order valence-corrected chi connectivity index (χ4v) is 2.52. The standard InChI is InChI=1S/C19H19FN2O2/c1-2-3-6-11-24-17-12-13(9-10-15(17)20)18-21-16-8-5-4-7-14(16)19(23)22-18/h4-5,7-10,12H,2-3,6,11H2,1H3,(H,21,22,23). The van der Waals surface area contributed by atoms with E-state index in [9.17, 15) is 9.18 Å². The Balaban J connectivity index is 1.93. The van der Waals surface area contributed by atoms with Crippen LogP contribution in [0, 0.1) is 5.82 Å². The average Bonchev–Trinajstić information content (AvgIpc) is 2.60. The van der Waals surface area contributed by atoms with E-state index < -0.39 is 5.82 Å². The maximum atomic E-state index is 13.9. The largest absolute Gasteiger partial charge is 0.490 e. The zero-order chi connectivity index (χ0) is 16.9. The smallest absolute Gasteiger partial charge is 0.259 e. The average molecular weight is 326 g/mol. The fourth-order valence-electron chi connectivity index (χ4n) is 2.52. The third-order valence-electron chi connectivity index (χ3n) is 3.82. The predicted octanol–water partition coefficient (Wildman–Crippen LogP) is 4.30. The molecular formula is C19H19FN2O2. The second-order valence-electron chi connectivity index (χ2n) is 5.63. The Hall–Kier alpha value is -2.69. The van der Waals surface area contributed by atoms with Gasteiger partial charge in [-0.3, -0.25) is 4.79 Å². The minimum absolute atomic E-state index is 0.180. The minimum Gasteiger partial charge on any atom is -0.490 e. The summed E-state index contributed by atoms with van der Waals surface area (Å²) in [5.41, 5.74) is 1.00. The number of ether oxygens (including phenoxy) is 1. The molecule has 1 N–H and O–H groups in total. The van der Waals surface area contributed by atoms with Crippen LogP contribution >= 0.6 is 0 Å². The topological polar surface area (TPSA) is 55.0 Å². The molecule has 0 radical (unpaired) electrons. The van der Waals surface area contributed by atoms with Crippen molar-refractivity contribution in [3.8, 4) is 17.1 Å². The first-order chi connectivity index (χ1) is 11.7. The zero-order valence-electron chi connectivity index (χ0n) is 13.5. The van der Waals surface area contributed by atoms with Gasteiger partial charge in [0.1, 0.15) is 5.82 Å². The number of fused-ring (bicyclic) bond motifs is 1. The first kappa shape index (κ1) is 16.2. The molecule has 0 saturated heterocycles. The molecule has 0 aliphatic carbocycles. The molecule has 1 aromatic heterocycles. The maximum absolute atomic E-state index is 13.9. The van der Waals surface area contributed by atoms with Gasteiger partial charge >= 0.3 is 0 Å². The van der Waals surface area contributed by atoms with E-state index in [2.05, 4.69) is 16.9 Å². The number of nitrogens with one attached hydrogen (secondary N) is 1. The molecule has 0 aliphatic heterocycles. The summed E-state index contributed by atoms with van der Waals surface area (Å²) in [7, 11) is 0. The number of benzene rings is 2. The highest BCUT2D eigenvalue weighted by Gasteiger charge is 2.10. The van der Waals surface area contributed by atoms with Gasteiger partial charge in [0.25, 0.3) is 5.56 Å². The van der Waals surface area contributed by atoms with Crippen LogP contribution in [0.4, 0.5) is 4.39 Å². The molecule has 0 atom stereocenters. The summed E-state index contributed by atoms with van der Waals surface area (Å²) >= 11 is 0. The molecule has 0 unspecified atom stereocenters. The zero-order valence-corrected chi connectivity index (χ0v) is 13.5. The van der Waals surface area contributed by atoms with E-state index in [1.165, 1.54) is 6.07 Å². The van der Waals surface area contributed by atoms with Crippen LogP contribution < -0.4 is 10.3 Å². The number of halogens is 1. The molecule has 5 heteroatoms. The van der Waals surface area contributed by atoms with Gasteiger partial charge in [0, 0.05) is 5.56 Å². The highest BCUT2D eigenvalue weighted by Crippen LogP contribution is 2.25. The summed E-state index contributed by atoms with van der Waals surface area (Å²) < 4.78 is 19.4. The molecule has 3 rings (SSSR count). The van der Waals surface area contributed by atoms with Crippen LogP contribution in [0.2, 0.25) is 0 Å². The van der Waals surface area contributed by atoms with Gasteiger partial charge in [0.2, 0.25) is 0 Å². The van der Waals surface area contributed by atoms with Crippen molar-refractivity contribution in [2.45, 2.75) is 26.2 Å². The lowest BCUT2D eigenvalue weighted by Crippen LogP contribution is -2.09. The molecule has 2 aromatic carbocycles. The molecule has 0 fully saturated rings. The monoisotopic (exact) mass is 326 g/mol. The van der Waals surface area contributed by atoms with E-state index >= 15 is 0 Å². The highest BCUT2D eigenvalue weighted by molar-refractivity contribution is 5.79. The third-order valence-corrected chi connectivity index (χ3v) is 3.82. The molecule has 0 amide bonds. The Kier molecular flexibility index (Phi) is 4.89. The Morgan fingerprint density at radius 1 is 1.17 bits per heavy atom. The second-order valence-corrected chi connectivity index (χ2v) is 5.63. The van der Waals surface area contributed by atoms with Crippen molar-refractivity contribution in [3.05, 3.63) is 58.6 Å². The molecule has 24 heavy (non-hydrogen) atoms. The molecule has 1 heterocycles. The van der Waals surface area contributed by atoms with Crippen molar-refractivity contribution >= 4 is 10.9 Å². The molecule has 124 valence electrons. The Bertz CT molecular complexity index is 905. The lowest BCUT2D eigenvalue weighted by atomic mass is 10.1. The molecule has 0 saturated carbocycles. The van der Waals surface area contributed by atoms with Crippen LogP contribution in [-0.2, 0) is 0 Å². The molecule has 4 nitrogen and oxygen atoms in total. The van der Waals surface area contributed by atoms with E-state index in [-0.39, 0.29) is 11.3 Å². The van der Waals surface area contributed by atoms with Crippen molar-refractivity contribution in [3.63, 3.8) is 0 Å². The van der Waals surface area contributed by atoms with Crippen LogP contribution in [0.3, 0.4) is 0 Å². The molecular weight excluding hydrogens is 307 g/mol. The van der Waals surface area contributed by atoms with Crippen molar-refractivity contribution in [1.82, 2.24) is 9.97 Å². The van der Waals surface area contributed by atoms with E-state index in [1.807, 2.05) is 6.07 Å². The molecule has 0 aliphatic rings. The van der Waals surface area contributed by atoms with Gasteiger partial charge in [-0.1, -0.05) is 31.9 Å². The molecule has 3 aromatic rings. The Morgan fingerprint density at radius 3 is 2.83 bits per heavy atom. The van der Waals surface area contributed by atoms with Crippen molar-refractivity contribution in [2.24, 2.45) is 0 Å². The first-order valence-corrected chi connectivity index (χ1v) is 8.11. The summed E-state index contributed by atoms with van der Waals surface area (Å²) in [5.74, 6) is 0.162. The lowest BCUT2D eigenvalue weighted by molar-refractivity contribution is 0.291. The number of para-hydroxylation sites is 1. The van der Waals surface area contributed by atoms with Crippen LogP contribution in [0.5, 0.6) is 5.75 Å². The van der Waals surface area contributed by atoms with E-state index in [1.54, 1.807) is 30.3 Å². The SMILES string of the molecule is CCCCCOc1cc(-c2nc3ccccc3c(=O)[nH]2)ccc1F. The predicted molar refractivity (Wildman–Crippen MR) is 92.8 cm³/mol. The second kappa shape index (κ2) is 7.25. The van der Waals surface area contributed by atoms with Gasteiger partial charge in [0.05, 0.1) is 17.5 Å². The summed E-state index contributed by atoms with van der Waals surface area (Å²) in [6, 6.07) is 11.6. The number of nitrogens with zero attached hydrogens (tertiary/aromatic N) is 1. The van der Waals surface area contributed by atoms with Crippen LogP contribution in [0.25, 0.3) is 22.3 Å². The van der Waals surface area contributed by atoms with Crippen molar-refractivity contribution in [1.29, 1.82) is 0 Å². The molecule has 0 spiro atoms. The number of aromatic nitrogens is 2. The number of H-pyrrole nitrogens is 1. The van der Waals surface area contributed by atoms with Gasteiger partial charge in [-0.15, -0.1) is 0 Å². The third kappa shape index (κ3) is 3.45. The number of rotatable bonds is 6.